The highest BCUT2D eigenvalue weighted by Gasteiger charge is 2.15. The Bertz CT molecular complexity index is 53.1. The Morgan fingerprint density at radius 2 is 2.25 bits per heavy atom. The minimum absolute atomic E-state index is 1.10. The maximum Gasteiger partial charge on any atom is -0.0414 e. The van der Waals surface area contributed by atoms with Crippen LogP contribution < -0.4 is 0 Å². The van der Waals surface area contributed by atoms with Gasteiger partial charge in [0.25, 0.3) is 0 Å². The second-order valence-corrected chi connectivity index (χ2v) is 2.78. The molecule has 0 aromatic carbocycles. The fourth-order valence-electron chi connectivity index (χ4n) is 1.18. The Labute approximate surface area is 52.3 Å². The lowest BCUT2D eigenvalue weighted by molar-refractivity contribution is 0.296. The van der Waals surface area contributed by atoms with Crippen molar-refractivity contribution in [3.63, 3.8) is 0 Å². The summed E-state index contributed by atoms with van der Waals surface area (Å²) >= 11 is 0. The van der Waals surface area contributed by atoms with E-state index in [-0.39, 0.29) is 0 Å². The van der Waals surface area contributed by atoms with Crippen molar-refractivity contribution in [1.29, 1.82) is 0 Å². The molecule has 0 heteroatoms. The second-order valence-electron chi connectivity index (χ2n) is 2.78. The molecule has 0 unspecified atom stereocenters. The third kappa shape index (κ3) is 1.50. The minimum atomic E-state index is 1.10. The molecule has 1 radical (unpaired) electrons. The van der Waals surface area contributed by atoms with Crippen molar-refractivity contribution < 1.29 is 0 Å². The SMILES string of the molecule is C[CH]CCC1CCC1. The van der Waals surface area contributed by atoms with E-state index in [1.165, 1.54) is 32.1 Å². The Balaban J connectivity index is 1.86. The molecule has 0 atom stereocenters. The van der Waals surface area contributed by atoms with Crippen molar-refractivity contribution in [2.24, 2.45) is 5.92 Å². The fourth-order valence-corrected chi connectivity index (χ4v) is 1.18. The zero-order valence-corrected chi connectivity index (χ0v) is 5.69. The third-order valence-electron chi connectivity index (χ3n) is 2.09. The van der Waals surface area contributed by atoms with Crippen molar-refractivity contribution >= 4 is 0 Å². The van der Waals surface area contributed by atoms with Crippen LogP contribution in [0.2, 0.25) is 0 Å². The normalized spacial score (nSPS) is 20.6. The molecule has 0 aromatic heterocycles. The van der Waals surface area contributed by atoms with Crippen LogP contribution in [0, 0.1) is 12.3 Å². The van der Waals surface area contributed by atoms with Gasteiger partial charge >= 0.3 is 0 Å². The van der Waals surface area contributed by atoms with Crippen LogP contribution in [0.4, 0.5) is 0 Å². The summed E-state index contributed by atoms with van der Waals surface area (Å²) in [5, 5.41) is 0. The summed E-state index contributed by atoms with van der Waals surface area (Å²) in [4.78, 5) is 0. The second kappa shape index (κ2) is 3.11. The molecule has 0 saturated heterocycles. The van der Waals surface area contributed by atoms with Crippen LogP contribution in [0.15, 0.2) is 0 Å². The zero-order valence-electron chi connectivity index (χ0n) is 5.69. The summed E-state index contributed by atoms with van der Waals surface area (Å²) in [6, 6.07) is 0. The molecule has 1 aliphatic rings. The number of hydrogen-bond donors (Lipinski definition) is 0. The van der Waals surface area contributed by atoms with Crippen LogP contribution in [-0.2, 0) is 0 Å². The van der Waals surface area contributed by atoms with Crippen molar-refractivity contribution in [2.45, 2.75) is 39.0 Å². The first-order valence-corrected chi connectivity index (χ1v) is 3.71. The zero-order chi connectivity index (χ0) is 5.82. The van der Waals surface area contributed by atoms with Gasteiger partial charge in [0, 0.05) is 0 Å². The smallest absolute Gasteiger partial charge is 0.0414 e. The Kier molecular flexibility index (Phi) is 2.38. The van der Waals surface area contributed by atoms with Gasteiger partial charge in [0.1, 0.15) is 0 Å². The van der Waals surface area contributed by atoms with Crippen LogP contribution in [0.5, 0.6) is 0 Å². The third-order valence-corrected chi connectivity index (χ3v) is 2.09. The van der Waals surface area contributed by atoms with Gasteiger partial charge < -0.3 is 0 Å². The topological polar surface area (TPSA) is 0 Å². The molecule has 0 heterocycles. The molecule has 0 spiro atoms. The average molecular weight is 111 g/mol. The minimum Gasteiger partial charge on any atom is -0.0623 e. The molecule has 0 amide bonds. The summed E-state index contributed by atoms with van der Waals surface area (Å²) in [6.07, 6.45) is 9.58. The van der Waals surface area contributed by atoms with E-state index in [2.05, 4.69) is 13.3 Å². The maximum absolute atomic E-state index is 2.28. The maximum atomic E-state index is 2.28. The molecule has 0 nitrogen and oxygen atoms in total. The Morgan fingerprint density at radius 1 is 1.50 bits per heavy atom. The molecule has 1 aliphatic carbocycles. The van der Waals surface area contributed by atoms with Gasteiger partial charge in [-0.1, -0.05) is 39.0 Å². The predicted octanol–water partition coefficient (Wildman–Crippen LogP) is 2.79. The van der Waals surface area contributed by atoms with Gasteiger partial charge in [-0.05, 0) is 12.3 Å². The Morgan fingerprint density at radius 3 is 2.62 bits per heavy atom. The standard InChI is InChI=1S/C8H15/c1-2-3-5-8-6-4-7-8/h2,8H,3-7H2,1H3. The Hall–Kier alpha value is 0. The molecular weight excluding hydrogens is 96.1 g/mol. The van der Waals surface area contributed by atoms with Gasteiger partial charge in [-0.2, -0.15) is 0 Å². The highest BCUT2D eigenvalue weighted by atomic mass is 14.2. The van der Waals surface area contributed by atoms with E-state index in [0.29, 0.717) is 0 Å². The molecule has 0 N–H and O–H groups in total. The lowest BCUT2D eigenvalue weighted by atomic mass is 9.82. The predicted molar refractivity (Wildman–Crippen MR) is 36.5 cm³/mol. The van der Waals surface area contributed by atoms with E-state index in [9.17, 15) is 0 Å². The van der Waals surface area contributed by atoms with Gasteiger partial charge in [-0.15, -0.1) is 0 Å². The quantitative estimate of drug-likeness (QED) is 0.525. The van der Waals surface area contributed by atoms with E-state index < -0.39 is 0 Å². The van der Waals surface area contributed by atoms with Crippen molar-refractivity contribution in [2.75, 3.05) is 0 Å². The number of unbranched alkanes of at least 4 members (excludes halogenated alkanes) is 1. The largest absolute Gasteiger partial charge is 0.0623 e. The molecule has 8 heavy (non-hydrogen) atoms. The van der Waals surface area contributed by atoms with Gasteiger partial charge in [0.05, 0.1) is 0 Å². The summed E-state index contributed by atoms with van der Waals surface area (Å²) in [5.41, 5.74) is 0. The van der Waals surface area contributed by atoms with Crippen LogP contribution in [0.1, 0.15) is 39.0 Å². The fraction of sp³-hybridized carbons (Fsp3) is 0.875. The molecule has 1 fully saturated rings. The highest BCUT2D eigenvalue weighted by molar-refractivity contribution is 4.71. The molecular formula is C8H15. The lowest BCUT2D eigenvalue weighted by Crippen LogP contribution is -2.09. The monoisotopic (exact) mass is 111 g/mol. The highest BCUT2D eigenvalue weighted by Crippen LogP contribution is 2.30. The number of hydrogen-bond acceptors (Lipinski definition) is 0. The van der Waals surface area contributed by atoms with Gasteiger partial charge in [-0.3, -0.25) is 0 Å². The van der Waals surface area contributed by atoms with Crippen LogP contribution in [0.3, 0.4) is 0 Å². The van der Waals surface area contributed by atoms with Gasteiger partial charge in [0.2, 0.25) is 0 Å². The summed E-state index contributed by atoms with van der Waals surface area (Å²) in [7, 11) is 0. The first-order valence-electron chi connectivity index (χ1n) is 3.71. The van der Waals surface area contributed by atoms with E-state index >= 15 is 0 Å². The van der Waals surface area contributed by atoms with E-state index in [0.717, 1.165) is 5.92 Å². The number of rotatable bonds is 3. The molecule has 1 rings (SSSR count). The van der Waals surface area contributed by atoms with Crippen LogP contribution >= 0.6 is 0 Å². The summed E-state index contributed by atoms with van der Waals surface area (Å²) in [6.45, 7) is 2.15. The van der Waals surface area contributed by atoms with Crippen LogP contribution in [-0.4, -0.2) is 0 Å². The molecule has 47 valence electrons. The first kappa shape index (κ1) is 6.12. The summed E-state index contributed by atoms with van der Waals surface area (Å²) < 4.78 is 0. The average Bonchev–Trinajstić information content (AvgIpc) is 1.63. The van der Waals surface area contributed by atoms with E-state index in [4.69, 9.17) is 0 Å². The molecule has 1 saturated carbocycles. The van der Waals surface area contributed by atoms with E-state index in [1.54, 1.807) is 0 Å². The van der Waals surface area contributed by atoms with Crippen molar-refractivity contribution in [3.05, 3.63) is 6.42 Å². The van der Waals surface area contributed by atoms with Gasteiger partial charge in [-0.25, -0.2) is 0 Å². The molecule has 0 aromatic rings. The van der Waals surface area contributed by atoms with Crippen molar-refractivity contribution in [3.8, 4) is 0 Å². The summed E-state index contributed by atoms with van der Waals surface area (Å²) in [5.74, 6) is 1.10. The van der Waals surface area contributed by atoms with Crippen molar-refractivity contribution in [1.82, 2.24) is 0 Å². The van der Waals surface area contributed by atoms with Crippen LogP contribution in [0.25, 0.3) is 0 Å². The molecule has 0 bridgehead atoms. The lowest BCUT2D eigenvalue weighted by Gasteiger charge is -2.24. The van der Waals surface area contributed by atoms with Gasteiger partial charge in [0.15, 0.2) is 0 Å². The molecule has 0 aliphatic heterocycles. The first-order chi connectivity index (χ1) is 3.93. The van der Waals surface area contributed by atoms with E-state index in [1.807, 2.05) is 0 Å².